The molecule has 1 rings (SSSR count). The first-order chi connectivity index (χ1) is 9.20. The van der Waals surface area contributed by atoms with Crippen molar-refractivity contribution in [2.24, 2.45) is 0 Å². The number of nitro groups is 1. The molecule has 0 aromatic heterocycles. The predicted molar refractivity (Wildman–Crippen MR) is 71.3 cm³/mol. The van der Waals surface area contributed by atoms with Crippen molar-refractivity contribution >= 4 is 11.7 Å². The zero-order valence-corrected chi connectivity index (χ0v) is 11.6. The Balaban J connectivity index is 2.71. The summed E-state index contributed by atoms with van der Waals surface area (Å²) in [5.74, 6) is -1.11. The number of ether oxygens (including phenoxy) is 2. The molecule has 1 aromatic carbocycles. The van der Waals surface area contributed by atoms with Gasteiger partial charge in [0.15, 0.2) is 0 Å². The smallest absolute Gasteiger partial charge is 0.342 e. The van der Waals surface area contributed by atoms with Crippen molar-refractivity contribution in [1.82, 2.24) is 0 Å². The van der Waals surface area contributed by atoms with Gasteiger partial charge in [-0.05, 0) is 32.9 Å². The van der Waals surface area contributed by atoms with E-state index in [1.54, 1.807) is 0 Å². The molecule has 110 valence electrons. The maximum absolute atomic E-state index is 10.8. The number of carboxylic acid groups (broad SMARTS) is 1. The van der Waals surface area contributed by atoms with Crippen LogP contribution in [0.4, 0.5) is 5.69 Å². The summed E-state index contributed by atoms with van der Waals surface area (Å²) in [6.07, 6.45) is 0. The molecule has 0 aliphatic carbocycles. The number of carboxylic acids is 1. The fraction of sp³-hybridized carbons (Fsp3) is 0.462. The van der Waals surface area contributed by atoms with Crippen LogP contribution in [0.2, 0.25) is 0 Å². The van der Waals surface area contributed by atoms with Gasteiger partial charge in [0.05, 0.1) is 23.2 Å². The molecule has 0 bridgehead atoms. The number of benzene rings is 1. The highest BCUT2D eigenvalue weighted by molar-refractivity contribution is 5.92. The molecule has 0 aliphatic heterocycles. The summed E-state index contributed by atoms with van der Waals surface area (Å²) < 4.78 is 10.7. The minimum atomic E-state index is -1.35. The average molecular weight is 283 g/mol. The molecule has 0 atom stereocenters. The lowest BCUT2D eigenvalue weighted by atomic mass is 10.2. The van der Waals surface area contributed by atoms with E-state index in [2.05, 4.69) is 0 Å². The Morgan fingerprint density at radius 1 is 1.35 bits per heavy atom. The van der Waals surface area contributed by atoms with E-state index in [-0.39, 0.29) is 23.5 Å². The molecule has 20 heavy (non-hydrogen) atoms. The largest absolute Gasteiger partial charge is 0.491 e. The van der Waals surface area contributed by atoms with E-state index < -0.39 is 16.6 Å². The van der Waals surface area contributed by atoms with Crippen molar-refractivity contribution in [1.29, 1.82) is 0 Å². The van der Waals surface area contributed by atoms with Crippen molar-refractivity contribution in [3.63, 3.8) is 0 Å². The molecule has 7 heteroatoms. The van der Waals surface area contributed by atoms with Crippen LogP contribution in [-0.4, -0.2) is 34.8 Å². The lowest BCUT2D eigenvalue weighted by molar-refractivity contribution is -0.385. The zero-order valence-electron chi connectivity index (χ0n) is 11.6. The fourth-order valence-corrected chi connectivity index (χ4v) is 1.44. The minimum absolute atomic E-state index is 0.223. The molecular weight excluding hydrogens is 266 g/mol. The van der Waals surface area contributed by atoms with E-state index in [4.69, 9.17) is 14.6 Å². The molecule has 0 aliphatic rings. The van der Waals surface area contributed by atoms with Crippen molar-refractivity contribution in [2.75, 3.05) is 13.2 Å². The van der Waals surface area contributed by atoms with Crippen LogP contribution in [-0.2, 0) is 4.74 Å². The Labute approximate surface area is 116 Å². The first-order valence-corrected chi connectivity index (χ1v) is 5.99. The molecule has 1 aromatic rings. The van der Waals surface area contributed by atoms with Gasteiger partial charge in [0.1, 0.15) is 17.9 Å². The van der Waals surface area contributed by atoms with E-state index in [0.717, 1.165) is 12.1 Å². The third-order valence-corrected chi connectivity index (χ3v) is 2.28. The summed E-state index contributed by atoms with van der Waals surface area (Å²) in [6.45, 7) is 6.26. The first-order valence-electron chi connectivity index (χ1n) is 5.99. The van der Waals surface area contributed by atoms with E-state index >= 15 is 0 Å². The number of nitro benzene ring substituents is 1. The molecular formula is C13H17NO6. The monoisotopic (exact) mass is 283 g/mol. The number of rotatable bonds is 6. The Hall–Kier alpha value is -2.15. The summed E-state index contributed by atoms with van der Waals surface area (Å²) in [4.78, 5) is 20.9. The molecule has 0 amide bonds. The van der Waals surface area contributed by atoms with E-state index in [1.807, 2.05) is 20.8 Å². The highest BCUT2D eigenvalue weighted by Gasteiger charge is 2.20. The van der Waals surface area contributed by atoms with Gasteiger partial charge in [-0.25, -0.2) is 4.79 Å². The summed E-state index contributed by atoms with van der Waals surface area (Å²) >= 11 is 0. The Kier molecular flexibility index (Phi) is 5.04. The normalized spacial score (nSPS) is 11.2. The number of nitrogens with zero attached hydrogens (tertiary/aromatic N) is 1. The topological polar surface area (TPSA) is 98.9 Å². The van der Waals surface area contributed by atoms with Crippen LogP contribution in [0.1, 0.15) is 31.1 Å². The third kappa shape index (κ3) is 4.85. The fourth-order valence-electron chi connectivity index (χ4n) is 1.44. The molecule has 0 heterocycles. The number of carbonyl (C=O) groups is 1. The van der Waals surface area contributed by atoms with Gasteiger partial charge in [-0.3, -0.25) is 10.1 Å². The highest BCUT2D eigenvalue weighted by Crippen LogP contribution is 2.24. The van der Waals surface area contributed by atoms with Crippen LogP contribution in [0.25, 0.3) is 0 Å². The lowest BCUT2D eigenvalue weighted by Crippen LogP contribution is -2.22. The lowest BCUT2D eigenvalue weighted by Gasteiger charge is -2.19. The Morgan fingerprint density at radius 3 is 2.50 bits per heavy atom. The quantitative estimate of drug-likeness (QED) is 0.489. The number of aromatic carboxylic acids is 1. The first kappa shape index (κ1) is 15.9. The highest BCUT2D eigenvalue weighted by atomic mass is 16.6. The summed E-state index contributed by atoms with van der Waals surface area (Å²) in [5.41, 5.74) is -1.15. The Bertz CT molecular complexity index is 506. The maximum Gasteiger partial charge on any atom is 0.342 e. The van der Waals surface area contributed by atoms with Gasteiger partial charge in [0, 0.05) is 0 Å². The van der Waals surface area contributed by atoms with E-state index in [0.29, 0.717) is 6.61 Å². The van der Waals surface area contributed by atoms with Crippen LogP contribution in [0.15, 0.2) is 18.2 Å². The molecule has 1 N–H and O–H groups in total. The number of hydrogen-bond acceptors (Lipinski definition) is 5. The molecule has 0 radical (unpaired) electrons. The van der Waals surface area contributed by atoms with Gasteiger partial charge < -0.3 is 14.6 Å². The second-order valence-electron chi connectivity index (χ2n) is 5.05. The van der Waals surface area contributed by atoms with Crippen LogP contribution >= 0.6 is 0 Å². The molecule has 0 unspecified atom stereocenters. The summed E-state index contributed by atoms with van der Waals surface area (Å²) in [6, 6.07) is 3.63. The van der Waals surface area contributed by atoms with Crippen molar-refractivity contribution in [2.45, 2.75) is 26.4 Å². The van der Waals surface area contributed by atoms with E-state index in [9.17, 15) is 14.9 Å². The standard InChI is InChI=1S/C13H17NO6/c1-13(2,3)20-7-6-19-9-4-5-10(12(15)16)11(8-9)14(17)18/h4-5,8H,6-7H2,1-3H3,(H,15,16). The second kappa shape index (κ2) is 6.33. The van der Waals surface area contributed by atoms with Crippen LogP contribution in [0, 0.1) is 10.1 Å². The van der Waals surface area contributed by atoms with Crippen molar-refractivity contribution in [3.05, 3.63) is 33.9 Å². The SMILES string of the molecule is CC(C)(C)OCCOc1ccc(C(=O)O)c([N+](=O)[O-])c1. The van der Waals surface area contributed by atoms with Crippen molar-refractivity contribution < 1.29 is 24.3 Å². The van der Waals surface area contributed by atoms with Gasteiger partial charge in [0.2, 0.25) is 0 Å². The summed E-state index contributed by atoms with van der Waals surface area (Å²) in [5, 5.41) is 19.6. The van der Waals surface area contributed by atoms with Crippen molar-refractivity contribution in [3.8, 4) is 5.75 Å². The predicted octanol–water partition coefficient (Wildman–Crippen LogP) is 2.49. The van der Waals surface area contributed by atoms with Gasteiger partial charge in [-0.1, -0.05) is 0 Å². The van der Waals surface area contributed by atoms with Gasteiger partial charge in [-0.2, -0.15) is 0 Å². The van der Waals surface area contributed by atoms with Crippen LogP contribution < -0.4 is 4.74 Å². The third-order valence-electron chi connectivity index (χ3n) is 2.28. The maximum atomic E-state index is 10.8. The minimum Gasteiger partial charge on any atom is -0.491 e. The Morgan fingerprint density at radius 2 is 2.00 bits per heavy atom. The number of hydrogen-bond donors (Lipinski definition) is 1. The van der Waals surface area contributed by atoms with Crippen LogP contribution in [0.5, 0.6) is 5.75 Å². The van der Waals surface area contributed by atoms with Gasteiger partial charge in [0.25, 0.3) is 5.69 Å². The molecule has 0 spiro atoms. The van der Waals surface area contributed by atoms with Gasteiger partial charge in [-0.15, -0.1) is 0 Å². The zero-order chi connectivity index (χ0) is 15.3. The van der Waals surface area contributed by atoms with Crippen LogP contribution in [0.3, 0.4) is 0 Å². The molecule has 0 saturated heterocycles. The summed E-state index contributed by atoms with van der Waals surface area (Å²) in [7, 11) is 0. The average Bonchev–Trinajstić information content (AvgIpc) is 2.33. The van der Waals surface area contributed by atoms with Gasteiger partial charge >= 0.3 is 5.97 Å². The van der Waals surface area contributed by atoms with E-state index in [1.165, 1.54) is 6.07 Å². The molecule has 7 nitrogen and oxygen atoms in total. The molecule has 0 saturated carbocycles. The molecule has 0 fully saturated rings. The second-order valence-corrected chi connectivity index (χ2v) is 5.05.